The minimum atomic E-state index is -0.381. The van der Waals surface area contributed by atoms with Gasteiger partial charge in [0.05, 0.1) is 11.2 Å². The molecule has 1 heterocycles. The minimum Gasteiger partial charge on any atom is -0.399 e. The van der Waals surface area contributed by atoms with Crippen molar-refractivity contribution in [3.8, 4) is 0 Å². The number of carbonyl (C=O) groups excluding carboxylic acids is 1. The number of carbonyl (C=O) groups is 1. The highest BCUT2D eigenvalue weighted by Crippen LogP contribution is 2.36. The standard InChI is InChI=1S/C17H23BO3.C2H6/c1-13(19)9-8-11-14-10-6-7-12-15(14)18-20-16(2,3)17(4,5)21-18;1-2/h6-8,10-12H,9H2,1-5H3;1-2H3/b11-8+;. The summed E-state index contributed by atoms with van der Waals surface area (Å²) in [4.78, 5) is 11.0. The zero-order valence-electron chi connectivity index (χ0n) is 15.5. The third-order valence-electron chi connectivity index (χ3n) is 4.21. The van der Waals surface area contributed by atoms with Gasteiger partial charge in [-0.1, -0.05) is 50.3 Å². The third-order valence-corrected chi connectivity index (χ3v) is 4.21. The SMILES string of the molecule is CC.CC(=O)C/C=C/c1ccccc1B1OC(C)(C)C(C)(C)O1. The molecule has 1 saturated heterocycles. The van der Waals surface area contributed by atoms with Crippen LogP contribution >= 0.6 is 0 Å². The van der Waals surface area contributed by atoms with Gasteiger partial charge in [0.1, 0.15) is 5.78 Å². The fraction of sp³-hybridized carbons (Fsp3) is 0.526. The molecular formula is C19H29BO3. The number of benzene rings is 1. The summed E-state index contributed by atoms with van der Waals surface area (Å²) in [6.45, 7) is 13.8. The Hall–Kier alpha value is -1.39. The molecule has 1 aromatic rings. The van der Waals surface area contributed by atoms with Crippen molar-refractivity contribution in [3.63, 3.8) is 0 Å². The maximum absolute atomic E-state index is 11.0. The number of ketones is 1. The number of Topliss-reactive ketones (excluding diaryl/α,β-unsaturated/α-hetero) is 1. The van der Waals surface area contributed by atoms with Crippen molar-refractivity contribution in [2.45, 2.75) is 66.1 Å². The monoisotopic (exact) mass is 316 g/mol. The molecule has 0 unspecified atom stereocenters. The molecule has 0 aliphatic carbocycles. The predicted molar refractivity (Wildman–Crippen MR) is 97.8 cm³/mol. The van der Waals surface area contributed by atoms with E-state index < -0.39 is 0 Å². The van der Waals surface area contributed by atoms with Gasteiger partial charge in [0, 0.05) is 6.42 Å². The van der Waals surface area contributed by atoms with E-state index in [0.717, 1.165) is 11.0 Å². The lowest BCUT2D eigenvalue weighted by Crippen LogP contribution is -2.41. The number of hydrogen-bond donors (Lipinski definition) is 0. The van der Waals surface area contributed by atoms with Crippen LogP contribution in [0.5, 0.6) is 0 Å². The van der Waals surface area contributed by atoms with Gasteiger partial charge in [-0.25, -0.2) is 0 Å². The molecule has 1 aliphatic rings. The average molecular weight is 316 g/mol. The molecule has 0 saturated carbocycles. The Morgan fingerprint density at radius 1 is 1.09 bits per heavy atom. The van der Waals surface area contributed by atoms with Crippen LogP contribution in [0.1, 0.15) is 60.5 Å². The zero-order valence-corrected chi connectivity index (χ0v) is 15.5. The van der Waals surface area contributed by atoms with Crippen molar-refractivity contribution in [2.24, 2.45) is 0 Å². The Morgan fingerprint density at radius 3 is 2.13 bits per heavy atom. The molecule has 4 heteroatoms. The normalized spacial score (nSPS) is 18.7. The summed E-state index contributed by atoms with van der Waals surface area (Å²) in [5.74, 6) is 0.152. The van der Waals surface area contributed by atoms with Gasteiger partial charge in [-0.15, -0.1) is 0 Å². The summed E-state index contributed by atoms with van der Waals surface area (Å²) in [6.07, 6.45) is 4.28. The Morgan fingerprint density at radius 2 is 1.61 bits per heavy atom. The van der Waals surface area contributed by atoms with Crippen molar-refractivity contribution < 1.29 is 14.1 Å². The van der Waals surface area contributed by atoms with E-state index in [2.05, 4.69) is 0 Å². The summed E-state index contributed by atoms with van der Waals surface area (Å²) in [5, 5.41) is 0. The quantitative estimate of drug-likeness (QED) is 0.788. The molecule has 0 aromatic heterocycles. The first-order valence-corrected chi connectivity index (χ1v) is 8.33. The second-order valence-electron chi connectivity index (χ2n) is 6.53. The van der Waals surface area contributed by atoms with E-state index in [1.54, 1.807) is 6.92 Å². The summed E-state index contributed by atoms with van der Waals surface area (Å²) < 4.78 is 12.2. The van der Waals surface area contributed by atoms with Crippen LogP contribution in [0.4, 0.5) is 0 Å². The van der Waals surface area contributed by atoms with Crippen LogP contribution in [0.3, 0.4) is 0 Å². The topological polar surface area (TPSA) is 35.5 Å². The van der Waals surface area contributed by atoms with Gasteiger partial charge in [0.2, 0.25) is 0 Å². The molecule has 1 fully saturated rings. The van der Waals surface area contributed by atoms with Gasteiger partial charge in [-0.2, -0.15) is 0 Å². The van der Waals surface area contributed by atoms with E-state index in [4.69, 9.17) is 9.31 Å². The Kier molecular flexibility index (Phi) is 6.78. The highest BCUT2D eigenvalue weighted by atomic mass is 16.7. The fourth-order valence-corrected chi connectivity index (χ4v) is 2.20. The van der Waals surface area contributed by atoms with Gasteiger partial charge < -0.3 is 9.31 Å². The molecule has 23 heavy (non-hydrogen) atoms. The largest absolute Gasteiger partial charge is 0.495 e. The van der Waals surface area contributed by atoms with Crippen LogP contribution < -0.4 is 5.46 Å². The average Bonchev–Trinajstić information content (AvgIpc) is 2.69. The number of hydrogen-bond acceptors (Lipinski definition) is 3. The summed E-state index contributed by atoms with van der Waals surface area (Å²) in [6, 6.07) is 7.97. The van der Waals surface area contributed by atoms with Gasteiger partial charge in [0.25, 0.3) is 0 Å². The van der Waals surface area contributed by atoms with Crippen LogP contribution in [-0.4, -0.2) is 24.1 Å². The number of rotatable bonds is 4. The summed E-state index contributed by atoms with van der Waals surface area (Å²) in [5.41, 5.74) is 1.31. The lowest BCUT2D eigenvalue weighted by Gasteiger charge is -2.32. The molecule has 0 atom stereocenters. The molecule has 2 rings (SSSR count). The molecule has 0 spiro atoms. The number of allylic oxidation sites excluding steroid dienone is 1. The molecule has 0 N–H and O–H groups in total. The first kappa shape index (κ1) is 19.7. The van der Waals surface area contributed by atoms with Gasteiger partial charge in [-0.3, -0.25) is 4.79 Å². The van der Waals surface area contributed by atoms with Crippen LogP contribution in [0, 0.1) is 0 Å². The Balaban J connectivity index is 0.00000127. The van der Waals surface area contributed by atoms with Crippen LogP contribution in [0.2, 0.25) is 0 Å². The van der Waals surface area contributed by atoms with Crippen molar-refractivity contribution in [2.75, 3.05) is 0 Å². The molecule has 0 radical (unpaired) electrons. The van der Waals surface area contributed by atoms with Gasteiger partial charge >= 0.3 is 7.12 Å². The predicted octanol–water partition coefficient (Wildman–Crippen LogP) is 4.00. The van der Waals surface area contributed by atoms with Crippen LogP contribution in [0.15, 0.2) is 30.3 Å². The van der Waals surface area contributed by atoms with Crippen LogP contribution in [-0.2, 0) is 14.1 Å². The highest BCUT2D eigenvalue weighted by Gasteiger charge is 2.52. The molecule has 1 aliphatic heterocycles. The minimum absolute atomic E-state index is 0.152. The second kappa shape index (κ2) is 7.94. The van der Waals surface area contributed by atoms with Crippen molar-refractivity contribution >= 4 is 24.4 Å². The molecule has 1 aromatic carbocycles. The van der Waals surface area contributed by atoms with Crippen molar-refractivity contribution in [3.05, 3.63) is 35.9 Å². The second-order valence-corrected chi connectivity index (χ2v) is 6.53. The Bertz CT molecular complexity index is 545. The van der Waals surface area contributed by atoms with E-state index >= 15 is 0 Å². The molecular weight excluding hydrogens is 287 g/mol. The van der Waals surface area contributed by atoms with E-state index in [-0.39, 0.29) is 24.1 Å². The molecule has 0 amide bonds. The lowest BCUT2D eigenvalue weighted by atomic mass is 9.76. The maximum atomic E-state index is 11.0. The fourth-order valence-electron chi connectivity index (χ4n) is 2.20. The summed E-state index contributed by atoms with van der Waals surface area (Å²) in [7, 11) is -0.381. The summed E-state index contributed by atoms with van der Waals surface area (Å²) >= 11 is 0. The third kappa shape index (κ3) is 4.79. The van der Waals surface area contributed by atoms with Crippen molar-refractivity contribution in [1.82, 2.24) is 0 Å². The zero-order chi connectivity index (χ0) is 17.7. The van der Waals surface area contributed by atoms with E-state index in [0.29, 0.717) is 6.42 Å². The van der Waals surface area contributed by atoms with Gasteiger partial charge in [-0.05, 0) is 45.6 Å². The maximum Gasteiger partial charge on any atom is 0.495 e. The smallest absolute Gasteiger partial charge is 0.399 e. The van der Waals surface area contributed by atoms with E-state index in [9.17, 15) is 4.79 Å². The first-order valence-electron chi connectivity index (χ1n) is 8.33. The van der Waals surface area contributed by atoms with E-state index in [1.807, 2.05) is 78.0 Å². The Labute approximate surface area is 141 Å². The first-order chi connectivity index (χ1) is 10.7. The highest BCUT2D eigenvalue weighted by molar-refractivity contribution is 6.63. The lowest BCUT2D eigenvalue weighted by molar-refractivity contribution is -0.116. The molecule has 126 valence electrons. The molecule has 3 nitrogen and oxygen atoms in total. The van der Waals surface area contributed by atoms with E-state index in [1.165, 1.54) is 0 Å². The van der Waals surface area contributed by atoms with Crippen molar-refractivity contribution in [1.29, 1.82) is 0 Å². The van der Waals surface area contributed by atoms with Gasteiger partial charge in [0.15, 0.2) is 0 Å². The molecule has 0 bridgehead atoms. The van der Waals surface area contributed by atoms with Crippen LogP contribution in [0.25, 0.3) is 6.08 Å².